The van der Waals surface area contributed by atoms with Crippen molar-refractivity contribution in [1.82, 2.24) is 24.9 Å². The maximum Gasteiger partial charge on any atom is 0.177 e. The molecule has 0 bridgehead atoms. The lowest BCUT2D eigenvalue weighted by Gasteiger charge is -2.35. The van der Waals surface area contributed by atoms with Crippen LogP contribution in [0.3, 0.4) is 0 Å². The molecule has 120 valence electrons. The molecule has 1 saturated heterocycles. The average Bonchev–Trinajstić information content (AvgIpc) is 3.29. The molecule has 1 fully saturated rings. The summed E-state index contributed by atoms with van der Waals surface area (Å²) in [5.41, 5.74) is 0.967. The van der Waals surface area contributed by atoms with Gasteiger partial charge in [0, 0.05) is 51.7 Å². The van der Waals surface area contributed by atoms with Gasteiger partial charge in [-0.25, -0.2) is 4.98 Å². The molecule has 0 spiro atoms. The highest BCUT2D eigenvalue weighted by atomic mass is 32.1. The first-order valence-electron chi connectivity index (χ1n) is 7.73. The molecule has 1 unspecified atom stereocenters. The zero-order valence-corrected chi connectivity index (χ0v) is 13.8. The van der Waals surface area contributed by atoms with Crippen molar-refractivity contribution < 1.29 is 4.52 Å². The summed E-state index contributed by atoms with van der Waals surface area (Å²) in [7, 11) is 2.04. The summed E-state index contributed by atoms with van der Waals surface area (Å²) >= 11 is 1.67. The number of aromatic nitrogens is 3. The number of hydrogen-bond acceptors (Lipinski definition) is 6. The van der Waals surface area contributed by atoms with Gasteiger partial charge in [0.15, 0.2) is 5.76 Å². The Balaban J connectivity index is 1.53. The van der Waals surface area contributed by atoms with Gasteiger partial charge in [-0.05, 0) is 11.4 Å². The maximum atomic E-state index is 5.50. The van der Waals surface area contributed by atoms with Gasteiger partial charge in [0.25, 0.3) is 0 Å². The smallest absolute Gasteiger partial charge is 0.177 e. The minimum Gasteiger partial charge on any atom is -0.355 e. The van der Waals surface area contributed by atoms with Crippen LogP contribution in [0.5, 0.6) is 0 Å². The van der Waals surface area contributed by atoms with Gasteiger partial charge in [0.05, 0.1) is 16.6 Å². The fourth-order valence-corrected chi connectivity index (χ4v) is 3.69. The summed E-state index contributed by atoms with van der Waals surface area (Å²) in [6, 6.07) is 6.38. The Bertz CT molecular complexity index is 763. The van der Waals surface area contributed by atoms with Crippen LogP contribution in [0.25, 0.3) is 10.6 Å². The van der Waals surface area contributed by atoms with Gasteiger partial charge in [0.1, 0.15) is 5.82 Å². The summed E-state index contributed by atoms with van der Waals surface area (Å²) in [6.45, 7) is 3.63. The monoisotopic (exact) mass is 329 g/mol. The number of imidazole rings is 1. The molecule has 0 aliphatic carbocycles. The van der Waals surface area contributed by atoms with E-state index in [1.807, 2.05) is 37.0 Å². The first-order chi connectivity index (χ1) is 11.3. The van der Waals surface area contributed by atoms with Crippen molar-refractivity contribution in [3.05, 3.63) is 47.5 Å². The molecule has 1 N–H and O–H groups in total. The third kappa shape index (κ3) is 2.95. The van der Waals surface area contributed by atoms with Crippen LogP contribution in [-0.2, 0) is 13.6 Å². The van der Waals surface area contributed by atoms with Crippen LogP contribution in [0.15, 0.2) is 40.5 Å². The molecule has 3 aromatic rings. The third-order valence-electron chi connectivity index (χ3n) is 4.20. The standard InChI is InChI=1S/C16H19N5OS/c1-20-6-5-18-16(20)13-10-17-4-7-21(13)11-12-9-14(22-19-12)15-3-2-8-23-15/h2-3,5-6,8-9,13,17H,4,7,10-11H2,1H3. The van der Waals surface area contributed by atoms with Gasteiger partial charge >= 0.3 is 0 Å². The highest BCUT2D eigenvalue weighted by molar-refractivity contribution is 7.13. The van der Waals surface area contributed by atoms with Crippen LogP contribution in [0, 0.1) is 0 Å². The van der Waals surface area contributed by atoms with Gasteiger partial charge in [-0.15, -0.1) is 11.3 Å². The van der Waals surface area contributed by atoms with Crippen LogP contribution >= 0.6 is 11.3 Å². The molecule has 7 heteroatoms. The highest BCUT2D eigenvalue weighted by Gasteiger charge is 2.27. The molecule has 0 radical (unpaired) electrons. The first kappa shape index (κ1) is 14.6. The van der Waals surface area contributed by atoms with E-state index in [4.69, 9.17) is 4.52 Å². The van der Waals surface area contributed by atoms with E-state index >= 15 is 0 Å². The second-order valence-corrected chi connectivity index (χ2v) is 6.69. The summed E-state index contributed by atoms with van der Waals surface area (Å²) in [5, 5.41) is 9.75. The summed E-state index contributed by atoms with van der Waals surface area (Å²) < 4.78 is 7.59. The summed E-state index contributed by atoms with van der Waals surface area (Å²) in [4.78, 5) is 8.04. The van der Waals surface area contributed by atoms with Crippen LogP contribution in [0.4, 0.5) is 0 Å². The van der Waals surface area contributed by atoms with Crippen molar-refractivity contribution in [2.24, 2.45) is 7.05 Å². The molecule has 0 aromatic carbocycles. The van der Waals surface area contributed by atoms with Gasteiger partial charge in [0.2, 0.25) is 0 Å². The number of piperazine rings is 1. The first-order valence-corrected chi connectivity index (χ1v) is 8.60. The van der Waals surface area contributed by atoms with Crippen molar-refractivity contribution in [2.75, 3.05) is 19.6 Å². The number of thiophene rings is 1. The van der Waals surface area contributed by atoms with E-state index in [1.165, 1.54) is 0 Å². The second-order valence-electron chi connectivity index (χ2n) is 5.75. The second kappa shape index (κ2) is 6.27. The van der Waals surface area contributed by atoms with Crippen molar-refractivity contribution >= 4 is 11.3 Å². The zero-order chi connectivity index (χ0) is 15.6. The molecular formula is C16H19N5OS. The molecule has 1 aliphatic heterocycles. The van der Waals surface area contributed by atoms with E-state index < -0.39 is 0 Å². The third-order valence-corrected chi connectivity index (χ3v) is 5.08. The SMILES string of the molecule is Cn1ccnc1C1CNCCN1Cc1cc(-c2cccs2)on1. The zero-order valence-electron chi connectivity index (χ0n) is 13.0. The van der Waals surface area contributed by atoms with Crippen LogP contribution in [0.2, 0.25) is 0 Å². The van der Waals surface area contributed by atoms with E-state index in [0.29, 0.717) is 0 Å². The lowest BCUT2D eigenvalue weighted by molar-refractivity contribution is 0.141. The van der Waals surface area contributed by atoms with E-state index in [9.17, 15) is 0 Å². The Labute approximate surface area is 138 Å². The predicted octanol–water partition coefficient (Wildman–Crippen LogP) is 2.28. The van der Waals surface area contributed by atoms with Gasteiger partial charge in [-0.2, -0.15) is 0 Å². The van der Waals surface area contributed by atoms with Crippen LogP contribution in [-0.4, -0.2) is 39.2 Å². The fraction of sp³-hybridized carbons (Fsp3) is 0.375. The fourth-order valence-electron chi connectivity index (χ4n) is 3.02. The van der Waals surface area contributed by atoms with E-state index in [1.54, 1.807) is 11.3 Å². The Kier molecular flexibility index (Phi) is 3.99. The largest absolute Gasteiger partial charge is 0.355 e. The summed E-state index contributed by atoms with van der Waals surface area (Å²) in [6.07, 6.45) is 3.85. The highest BCUT2D eigenvalue weighted by Crippen LogP contribution is 2.27. The quantitative estimate of drug-likeness (QED) is 0.796. The molecule has 23 heavy (non-hydrogen) atoms. The Morgan fingerprint density at radius 1 is 1.48 bits per heavy atom. The molecule has 6 nitrogen and oxygen atoms in total. The Morgan fingerprint density at radius 2 is 2.43 bits per heavy atom. The molecule has 1 atom stereocenters. The van der Waals surface area contributed by atoms with Crippen molar-refractivity contribution in [3.63, 3.8) is 0 Å². The number of nitrogens with zero attached hydrogens (tertiary/aromatic N) is 4. The topological polar surface area (TPSA) is 59.1 Å². The molecule has 0 amide bonds. The minimum absolute atomic E-state index is 0.255. The normalized spacial score (nSPS) is 19.3. The molecule has 1 aliphatic rings. The van der Waals surface area contributed by atoms with E-state index in [-0.39, 0.29) is 6.04 Å². The van der Waals surface area contributed by atoms with E-state index in [2.05, 4.69) is 31.0 Å². The lowest BCUT2D eigenvalue weighted by Crippen LogP contribution is -2.46. The van der Waals surface area contributed by atoms with Gasteiger partial charge < -0.3 is 14.4 Å². The number of aryl methyl sites for hydroxylation is 1. The molecule has 4 heterocycles. The van der Waals surface area contributed by atoms with Crippen molar-refractivity contribution in [2.45, 2.75) is 12.6 Å². The molecule has 0 saturated carbocycles. The maximum absolute atomic E-state index is 5.50. The van der Waals surface area contributed by atoms with Gasteiger partial charge in [-0.3, -0.25) is 4.90 Å². The van der Waals surface area contributed by atoms with E-state index in [0.717, 1.165) is 48.3 Å². The predicted molar refractivity (Wildman–Crippen MR) is 89.0 cm³/mol. The minimum atomic E-state index is 0.255. The molecular weight excluding hydrogens is 310 g/mol. The number of rotatable bonds is 4. The van der Waals surface area contributed by atoms with Crippen LogP contribution in [0.1, 0.15) is 17.6 Å². The van der Waals surface area contributed by atoms with Crippen molar-refractivity contribution in [1.29, 1.82) is 0 Å². The Hall–Kier alpha value is -1.96. The molecule has 3 aromatic heterocycles. The average molecular weight is 329 g/mol. The van der Waals surface area contributed by atoms with Crippen LogP contribution < -0.4 is 5.32 Å². The van der Waals surface area contributed by atoms with Crippen molar-refractivity contribution in [3.8, 4) is 10.6 Å². The Morgan fingerprint density at radius 3 is 3.22 bits per heavy atom. The summed E-state index contributed by atoms with van der Waals surface area (Å²) in [5.74, 6) is 1.93. The number of hydrogen-bond donors (Lipinski definition) is 1. The lowest BCUT2D eigenvalue weighted by atomic mass is 10.1. The number of nitrogens with one attached hydrogen (secondary N) is 1. The van der Waals surface area contributed by atoms with Gasteiger partial charge in [-0.1, -0.05) is 11.2 Å². The molecule has 4 rings (SSSR count).